The van der Waals surface area contributed by atoms with E-state index in [9.17, 15) is 15.8 Å². The lowest BCUT2D eigenvalue weighted by molar-refractivity contribution is 0.548. The minimum Gasteiger partial charge on any atom is -0.333 e. The van der Waals surface area contributed by atoms with Crippen LogP contribution in [0.4, 0.5) is 22.7 Å². The van der Waals surface area contributed by atoms with Gasteiger partial charge >= 0.3 is 0 Å². The first kappa shape index (κ1) is 31.4. The molecule has 4 aromatic carbocycles. The van der Waals surface area contributed by atoms with Gasteiger partial charge in [0.05, 0.1) is 41.4 Å². The molecular formula is C47H35N5. The highest BCUT2D eigenvalue weighted by Gasteiger charge is 2.48. The van der Waals surface area contributed by atoms with Gasteiger partial charge in [-0.15, -0.1) is 0 Å². The quantitative estimate of drug-likeness (QED) is 0.216. The van der Waals surface area contributed by atoms with Crippen molar-refractivity contribution in [2.75, 3.05) is 9.80 Å². The van der Waals surface area contributed by atoms with Crippen LogP contribution in [0.3, 0.4) is 0 Å². The van der Waals surface area contributed by atoms with Crippen LogP contribution in [0.2, 0.25) is 0 Å². The number of para-hydroxylation sites is 2. The van der Waals surface area contributed by atoms with Crippen LogP contribution in [-0.2, 0) is 10.8 Å². The van der Waals surface area contributed by atoms with Crippen molar-refractivity contribution in [1.29, 1.82) is 15.8 Å². The van der Waals surface area contributed by atoms with Crippen molar-refractivity contribution in [2.45, 2.75) is 49.1 Å². The summed E-state index contributed by atoms with van der Waals surface area (Å²) in [6.07, 6.45) is 22.3. The molecule has 4 aromatic rings. The number of nitrogens with zero attached hydrogens (tertiary/aromatic N) is 5. The number of hydrogen-bond acceptors (Lipinski definition) is 5. The highest BCUT2D eigenvalue weighted by molar-refractivity contribution is 5.87. The predicted molar refractivity (Wildman–Crippen MR) is 207 cm³/mol. The highest BCUT2D eigenvalue weighted by atomic mass is 15.2. The van der Waals surface area contributed by atoms with E-state index in [1.54, 1.807) is 0 Å². The van der Waals surface area contributed by atoms with Crippen LogP contribution >= 0.6 is 0 Å². The van der Waals surface area contributed by atoms with Crippen molar-refractivity contribution in [3.8, 4) is 18.2 Å². The Hall–Kier alpha value is -6.61. The van der Waals surface area contributed by atoms with Crippen molar-refractivity contribution >= 4 is 28.3 Å². The molecule has 0 saturated heterocycles. The van der Waals surface area contributed by atoms with Gasteiger partial charge in [0, 0.05) is 50.6 Å². The van der Waals surface area contributed by atoms with E-state index in [1.807, 2.05) is 30.3 Å². The molecule has 0 aromatic heterocycles. The smallest absolute Gasteiger partial charge is 0.0992 e. The molecule has 0 bridgehead atoms. The lowest BCUT2D eigenvalue weighted by Gasteiger charge is -2.37. The summed E-state index contributed by atoms with van der Waals surface area (Å²) in [4.78, 5) is 4.75. The molecule has 5 unspecified atom stereocenters. The van der Waals surface area contributed by atoms with Gasteiger partial charge in [0.25, 0.3) is 0 Å². The molecule has 0 spiro atoms. The normalized spacial score (nSPS) is 25.9. The minimum atomic E-state index is -0.399. The molecule has 0 amide bonds. The summed E-state index contributed by atoms with van der Waals surface area (Å²) in [5, 5.41) is 29.9. The molecule has 5 nitrogen and oxygen atoms in total. The average molecular weight is 670 g/mol. The maximum absolute atomic E-state index is 10.3. The third-order valence-electron chi connectivity index (χ3n) is 11.7. The Morgan fingerprint density at radius 2 is 1.50 bits per heavy atom. The van der Waals surface area contributed by atoms with E-state index in [4.69, 9.17) is 0 Å². The molecule has 3 aliphatic carbocycles. The Kier molecular flexibility index (Phi) is 7.08. The summed E-state index contributed by atoms with van der Waals surface area (Å²) in [7, 11) is 0. The van der Waals surface area contributed by atoms with Gasteiger partial charge in [0.1, 0.15) is 0 Å². The summed E-state index contributed by atoms with van der Waals surface area (Å²) >= 11 is 0. The van der Waals surface area contributed by atoms with Gasteiger partial charge in [-0.3, -0.25) is 0 Å². The van der Waals surface area contributed by atoms with Gasteiger partial charge < -0.3 is 9.80 Å². The SMILES string of the molecule is CC1(c2cc(C#N)cc(N3c4cc(C#N)ccc4C4C=CC=CC43)c2)C=CC=C(c2ccccc2N2c3ccccc3C3(C)C=C(C#N)C=CC23)C1. The molecule has 0 saturated carbocycles. The Morgan fingerprint density at radius 3 is 2.33 bits per heavy atom. The molecule has 0 radical (unpaired) electrons. The van der Waals surface area contributed by atoms with E-state index in [-0.39, 0.29) is 23.4 Å². The van der Waals surface area contributed by atoms with Crippen LogP contribution in [-0.4, -0.2) is 12.1 Å². The molecule has 5 heteroatoms. The lowest BCUT2D eigenvalue weighted by atomic mass is 9.72. The van der Waals surface area contributed by atoms with Gasteiger partial charge in [-0.1, -0.05) is 104 Å². The van der Waals surface area contributed by atoms with Crippen LogP contribution in [0.5, 0.6) is 0 Å². The molecule has 2 heterocycles. The third kappa shape index (κ3) is 4.66. The van der Waals surface area contributed by atoms with Crippen LogP contribution in [0.1, 0.15) is 59.6 Å². The molecule has 5 atom stereocenters. The maximum Gasteiger partial charge on any atom is 0.0992 e. The van der Waals surface area contributed by atoms with Gasteiger partial charge in [0.15, 0.2) is 0 Å². The minimum absolute atomic E-state index is 0.0153. The van der Waals surface area contributed by atoms with Crippen molar-refractivity contribution in [1.82, 2.24) is 0 Å². The van der Waals surface area contributed by atoms with Gasteiger partial charge in [-0.25, -0.2) is 0 Å². The molecule has 2 aliphatic heterocycles. The zero-order chi connectivity index (χ0) is 35.6. The number of anilines is 4. The van der Waals surface area contributed by atoms with Crippen LogP contribution < -0.4 is 9.80 Å². The molecule has 0 fully saturated rings. The van der Waals surface area contributed by atoms with E-state index >= 15 is 0 Å². The van der Waals surface area contributed by atoms with Gasteiger partial charge in [-0.05, 0) is 84.1 Å². The van der Waals surface area contributed by atoms with Gasteiger partial charge in [-0.2, -0.15) is 15.8 Å². The maximum atomic E-state index is 10.3. The monoisotopic (exact) mass is 669 g/mol. The van der Waals surface area contributed by atoms with E-state index in [1.165, 1.54) is 16.7 Å². The first-order valence-electron chi connectivity index (χ1n) is 17.8. The number of nitriles is 3. The fraction of sp³-hybridized carbons (Fsp3) is 0.170. The number of fused-ring (bicyclic) bond motifs is 6. The standard InChI is InChI=1S/C47H35N5/c1-46(35-22-33(30-50)23-36(25-35)51-42-15-7-4-12-38(42)39-19-17-31(28-48)24-44(39)51)21-9-10-34(27-46)37-11-3-6-14-41(37)52-43-16-8-5-13-40(43)47(2)26-32(29-49)18-20-45(47)52/h3-26,38,42,45H,27H2,1-2H3. The summed E-state index contributed by atoms with van der Waals surface area (Å²) < 4.78 is 0. The van der Waals surface area contributed by atoms with Gasteiger partial charge in [0.2, 0.25) is 0 Å². The summed E-state index contributed by atoms with van der Waals surface area (Å²) in [5.74, 6) is 0.164. The van der Waals surface area contributed by atoms with E-state index in [0.29, 0.717) is 16.7 Å². The number of hydrogen-bond donors (Lipinski definition) is 0. The first-order valence-corrected chi connectivity index (χ1v) is 17.8. The number of allylic oxidation sites excluding steroid dienone is 8. The second-order valence-electron chi connectivity index (χ2n) is 14.8. The Labute approximate surface area is 305 Å². The lowest BCUT2D eigenvalue weighted by Crippen LogP contribution is -2.40. The predicted octanol–water partition coefficient (Wildman–Crippen LogP) is 10.3. The third-order valence-corrected chi connectivity index (χ3v) is 11.7. The van der Waals surface area contributed by atoms with Crippen LogP contribution in [0.15, 0.2) is 151 Å². The highest BCUT2D eigenvalue weighted by Crippen LogP contribution is 2.54. The molecule has 0 N–H and O–H groups in total. The largest absolute Gasteiger partial charge is 0.333 e. The van der Waals surface area contributed by atoms with Crippen molar-refractivity contribution in [3.05, 3.63) is 185 Å². The second kappa shape index (κ2) is 11.7. The van der Waals surface area contributed by atoms with E-state index < -0.39 is 5.41 Å². The Bertz CT molecular complexity index is 2510. The van der Waals surface area contributed by atoms with Crippen molar-refractivity contribution in [3.63, 3.8) is 0 Å². The van der Waals surface area contributed by atoms with E-state index in [0.717, 1.165) is 40.3 Å². The summed E-state index contributed by atoms with van der Waals surface area (Å²) in [5.41, 5.74) is 11.3. The zero-order valence-corrected chi connectivity index (χ0v) is 29.0. The summed E-state index contributed by atoms with van der Waals surface area (Å²) in [6, 6.07) is 36.6. The molecule has 5 aliphatic rings. The fourth-order valence-electron chi connectivity index (χ4n) is 9.16. The second-order valence-corrected chi connectivity index (χ2v) is 14.8. The van der Waals surface area contributed by atoms with E-state index in [2.05, 4.69) is 157 Å². The number of benzene rings is 4. The van der Waals surface area contributed by atoms with Crippen molar-refractivity contribution in [2.24, 2.45) is 0 Å². The summed E-state index contributed by atoms with van der Waals surface area (Å²) in [6.45, 7) is 4.50. The fourth-order valence-corrected chi connectivity index (χ4v) is 9.16. The number of rotatable bonds is 4. The Morgan fingerprint density at radius 1 is 0.712 bits per heavy atom. The molecule has 9 rings (SSSR count). The first-order chi connectivity index (χ1) is 25.3. The average Bonchev–Trinajstić information content (AvgIpc) is 3.66. The van der Waals surface area contributed by atoms with Crippen LogP contribution in [0.25, 0.3) is 5.57 Å². The van der Waals surface area contributed by atoms with Crippen LogP contribution in [0, 0.1) is 34.0 Å². The molecule has 52 heavy (non-hydrogen) atoms. The zero-order valence-electron chi connectivity index (χ0n) is 29.0. The molecule has 248 valence electrons. The topological polar surface area (TPSA) is 77.8 Å². The van der Waals surface area contributed by atoms with Crippen molar-refractivity contribution < 1.29 is 0 Å². The Balaban J connectivity index is 1.11. The molecular weight excluding hydrogens is 635 g/mol.